The van der Waals surface area contributed by atoms with E-state index >= 15 is 0 Å². The summed E-state index contributed by atoms with van der Waals surface area (Å²) < 4.78 is 8.57. The van der Waals surface area contributed by atoms with Crippen LogP contribution < -0.4 is 4.74 Å². The van der Waals surface area contributed by atoms with E-state index in [4.69, 9.17) is 21.3 Å². The molecule has 1 heterocycles. The van der Waals surface area contributed by atoms with Gasteiger partial charge in [0.05, 0.1) is 16.6 Å². The number of aromatic carboxylic acids is 1. The van der Waals surface area contributed by atoms with Crippen molar-refractivity contribution in [1.29, 1.82) is 0 Å². The van der Waals surface area contributed by atoms with Gasteiger partial charge < -0.3 is 14.4 Å². The summed E-state index contributed by atoms with van der Waals surface area (Å²) in [5.74, 6) is 0.713. The summed E-state index contributed by atoms with van der Waals surface area (Å²) >= 11 is 6.10. The first-order valence-electron chi connectivity index (χ1n) is 13.8. The normalized spacial score (nSPS) is 13.9. The molecule has 202 valence electrons. The topological polar surface area (TPSA) is 64.3 Å². The number of aryl methyl sites for hydroxylation is 1. The highest BCUT2D eigenvalue weighted by atomic mass is 35.5. The number of nitrogens with zero attached hydrogens (tertiary/aromatic N) is 2. The number of ether oxygens (including phenoxy) is 1. The molecular formula is C34H31ClN2O3. The minimum atomic E-state index is -0.940. The Hall–Kier alpha value is -4.09. The lowest BCUT2D eigenvalue weighted by molar-refractivity contribution is 0.0697. The molecule has 4 aromatic carbocycles. The predicted molar refractivity (Wildman–Crippen MR) is 160 cm³/mol. The predicted octanol–water partition coefficient (Wildman–Crippen LogP) is 9.11. The summed E-state index contributed by atoms with van der Waals surface area (Å²) in [6.45, 7) is 2.53. The van der Waals surface area contributed by atoms with Crippen LogP contribution in [-0.2, 0) is 6.61 Å². The summed E-state index contributed by atoms with van der Waals surface area (Å²) in [5, 5.41) is 10.2. The van der Waals surface area contributed by atoms with Crippen molar-refractivity contribution >= 4 is 28.6 Å². The minimum Gasteiger partial charge on any atom is -0.489 e. The molecule has 1 aromatic heterocycles. The van der Waals surface area contributed by atoms with Crippen LogP contribution in [0.15, 0.2) is 84.9 Å². The molecule has 1 N–H and O–H groups in total. The zero-order valence-electron chi connectivity index (χ0n) is 22.4. The van der Waals surface area contributed by atoms with Gasteiger partial charge in [-0.3, -0.25) is 0 Å². The van der Waals surface area contributed by atoms with Crippen LogP contribution in [0.4, 0.5) is 0 Å². The Labute approximate surface area is 239 Å². The van der Waals surface area contributed by atoms with Gasteiger partial charge in [-0.15, -0.1) is 0 Å². The molecule has 1 aliphatic carbocycles. The van der Waals surface area contributed by atoms with Crippen molar-refractivity contribution in [2.24, 2.45) is 0 Å². The van der Waals surface area contributed by atoms with Crippen LogP contribution in [0.5, 0.6) is 5.75 Å². The second-order valence-electron chi connectivity index (χ2n) is 10.6. The van der Waals surface area contributed by atoms with E-state index in [9.17, 15) is 9.90 Å². The number of halogens is 1. The molecule has 6 heteroatoms. The van der Waals surface area contributed by atoms with Gasteiger partial charge in [0.2, 0.25) is 0 Å². The van der Waals surface area contributed by atoms with Crippen LogP contribution in [0.2, 0.25) is 5.02 Å². The van der Waals surface area contributed by atoms with Crippen molar-refractivity contribution in [1.82, 2.24) is 9.55 Å². The standard InChI is InChI=1S/C34H31ClN2O3/c1-22-7-17-30(23-8-13-27(35)14-9-23)26(19-22)21-40-29-15-10-24(11-16-29)33-36-31-20-25(34(38)39)12-18-32(31)37(33)28-5-3-2-4-6-28/h7-20,28H,2-6,21H2,1H3,(H,38,39). The SMILES string of the molecule is Cc1ccc(-c2ccc(Cl)cc2)c(COc2ccc(-c3nc4cc(C(=O)O)ccc4n3C3CCCCC3)cc2)c1. The Bertz CT molecular complexity index is 1670. The molecule has 0 saturated heterocycles. The van der Waals surface area contributed by atoms with E-state index in [0.717, 1.165) is 57.7 Å². The van der Waals surface area contributed by atoms with Gasteiger partial charge in [-0.2, -0.15) is 0 Å². The maximum Gasteiger partial charge on any atom is 0.335 e. The van der Waals surface area contributed by atoms with Crippen LogP contribution in [0.1, 0.15) is 59.6 Å². The van der Waals surface area contributed by atoms with Gasteiger partial charge in [-0.1, -0.05) is 66.8 Å². The lowest BCUT2D eigenvalue weighted by Crippen LogP contribution is -2.14. The first-order valence-corrected chi connectivity index (χ1v) is 14.2. The average molecular weight is 551 g/mol. The molecule has 6 rings (SSSR count). The zero-order valence-corrected chi connectivity index (χ0v) is 23.2. The Morgan fingerprint density at radius 1 is 0.925 bits per heavy atom. The van der Waals surface area contributed by atoms with Crippen molar-refractivity contribution < 1.29 is 14.6 Å². The monoisotopic (exact) mass is 550 g/mol. The van der Waals surface area contributed by atoms with Gasteiger partial charge in [-0.25, -0.2) is 9.78 Å². The van der Waals surface area contributed by atoms with Crippen LogP contribution in [-0.4, -0.2) is 20.6 Å². The molecule has 0 atom stereocenters. The number of carboxylic acids is 1. The van der Waals surface area contributed by atoms with Crippen molar-refractivity contribution in [3.05, 3.63) is 107 Å². The van der Waals surface area contributed by atoms with Crippen molar-refractivity contribution in [3.63, 3.8) is 0 Å². The van der Waals surface area contributed by atoms with Crippen molar-refractivity contribution in [2.45, 2.75) is 51.7 Å². The number of hydrogen-bond acceptors (Lipinski definition) is 3. The quantitative estimate of drug-likeness (QED) is 0.219. The molecule has 1 aliphatic rings. The first kappa shape index (κ1) is 26.1. The second kappa shape index (κ2) is 11.2. The van der Waals surface area contributed by atoms with Gasteiger partial charge >= 0.3 is 5.97 Å². The number of benzene rings is 4. The maximum absolute atomic E-state index is 11.6. The average Bonchev–Trinajstić information content (AvgIpc) is 3.36. The fourth-order valence-corrected chi connectivity index (χ4v) is 5.88. The number of aromatic nitrogens is 2. The van der Waals surface area contributed by atoms with Gasteiger partial charge in [0.1, 0.15) is 18.2 Å². The van der Waals surface area contributed by atoms with Gasteiger partial charge in [0.25, 0.3) is 0 Å². The van der Waals surface area contributed by atoms with E-state index in [2.05, 4.69) is 29.7 Å². The molecule has 5 nitrogen and oxygen atoms in total. The highest BCUT2D eigenvalue weighted by molar-refractivity contribution is 6.30. The summed E-state index contributed by atoms with van der Waals surface area (Å²) in [4.78, 5) is 16.5. The van der Waals surface area contributed by atoms with Crippen molar-refractivity contribution in [2.75, 3.05) is 0 Å². The minimum absolute atomic E-state index is 0.255. The second-order valence-corrected chi connectivity index (χ2v) is 11.0. The van der Waals surface area contributed by atoms with E-state index in [0.29, 0.717) is 17.7 Å². The molecule has 1 fully saturated rings. The van der Waals surface area contributed by atoms with E-state index in [1.54, 1.807) is 12.1 Å². The third kappa shape index (κ3) is 5.34. The lowest BCUT2D eigenvalue weighted by Gasteiger charge is -2.25. The Balaban J connectivity index is 1.28. The Morgan fingerprint density at radius 3 is 2.38 bits per heavy atom. The first-order chi connectivity index (χ1) is 19.5. The largest absolute Gasteiger partial charge is 0.489 e. The number of carbonyl (C=O) groups is 1. The smallest absolute Gasteiger partial charge is 0.335 e. The fraction of sp³-hybridized carbons (Fsp3) is 0.235. The third-order valence-corrected chi connectivity index (χ3v) is 8.05. The van der Waals surface area contributed by atoms with E-state index in [1.807, 2.05) is 54.6 Å². The molecule has 0 spiro atoms. The molecule has 1 saturated carbocycles. The Morgan fingerprint density at radius 2 is 1.65 bits per heavy atom. The molecule has 0 amide bonds. The van der Waals surface area contributed by atoms with Crippen molar-refractivity contribution in [3.8, 4) is 28.3 Å². The third-order valence-electron chi connectivity index (χ3n) is 7.80. The number of hydrogen-bond donors (Lipinski definition) is 1. The van der Waals surface area contributed by atoms with E-state index < -0.39 is 5.97 Å². The molecule has 40 heavy (non-hydrogen) atoms. The molecule has 0 unspecified atom stereocenters. The maximum atomic E-state index is 11.6. The van der Waals surface area contributed by atoms with Crippen LogP contribution in [0, 0.1) is 6.92 Å². The number of carboxylic acid groups (broad SMARTS) is 1. The number of fused-ring (bicyclic) bond motifs is 1. The van der Waals surface area contributed by atoms with Crippen LogP contribution in [0.3, 0.4) is 0 Å². The lowest BCUT2D eigenvalue weighted by atomic mass is 9.95. The number of imidazole rings is 1. The summed E-state index contributed by atoms with van der Waals surface area (Å²) in [6.07, 6.45) is 5.86. The molecule has 0 aliphatic heterocycles. The van der Waals surface area contributed by atoms with Crippen LogP contribution in [0.25, 0.3) is 33.5 Å². The Kier molecular flexibility index (Phi) is 7.31. The molecule has 0 bridgehead atoms. The van der Waals surface area contributed by atoms with Gasteiger partial charge in [0.15, 0.2) is 0 Å². The fourth-order valence-electron chi connectivity index (χ4n) is 5.76. The van der Waals surface area contributed by atoms with E-state index in [1.165, 1.54) is 24.8 Å². The highest BCUT2D eigenvalue weighted by Gasteiger charge is 2.23. The number of rotatable bonds is 7. The molecular weight excluding hydrogens is 520 g/mol. The van der Waals surface area contributed by atoms with Gasteiger partial charge in [-0.05, 0) is 91.1 Å². The highest BCUT2D eigenvalue weighted by Crippen LogP contribution is 2.37. The molecule has 5 aromatic rings. The summed E-state index contributed by atoms with van der Waals surface area (Å²) in [6, 6.07) is 28.0. The van der Waals surface area contributed by atoms with Gasteiger partial charge in [0, 0.05) is 16.6 Å². The van der Waals surface area contributed by atoms with E-state index in [-0.39, 0.29) is 5.56 Å². The summed E-state index contributed by atoms with van der Waals surface area (Å²) in [7, 11) is 0. The van der Waals surface area contributed by atoms with Crippen LogP contribution >= 0.6 is 11.6 Å². The molecule has 0 radical (unpaired) electrons. The zero-order chi connectivity index (χ0) is 27.6. The summed E-state index contributed by atoms with van der Waals surface area (Å²) in [5.41, 5.74) is 7.47.